The summed E-state index contributed by atoms with van der Waals surface area (Å²) >= 11 is 0. The number of urea groups is 1. The molecule has 1 fully saturated rings. The fourth-order valence-electron chi connectivity index (χ4n) is 2.02. The number of hydrogen-bond donors (Lipinski definition) is 2. The molecular weight excluding hydrogens is 204 g/mol. The predicted octanol–water partition coefficient (Wildman–Crippen LogP) is 0.0708. The number of rotatable bonds is 5. The number of nitrogens with two attached hydrogens (primary N) is 1. The van der Waals surface area contributed by atoms with E-state index in [9.17, 15) is 4.79 Å². The highest BCUT2D eigenvalue weighted by atomic mass is 16.2. The standard InChI is InChI=1S/C11H24N4O/c1-10(2)15-8-6-14(7-9-15)5-3-4-13-11(12)16/h10H,3-9H2,1-2H3,(H3,12,13,16). The van der Waals surface area contributed by atoms with Gasteiger partial charge in [0.2, 0.25) is 0 Å². The van der Waals surface area contributed by atoms with Crippen LogP contribution in [0.5, 0.6) is 0 Å². The lowest BCUT2D eigenvalue weighted by Gasteiger charge is -2.36. The number of piperazine rings is 1. The Kier molecular flexibility index (Phi) is 5.55. The van der Waals surface area contributed by atoms with Crippen molar-refractivity contribution >= 4 is 6.03 Å². The van der Waals surface area contributed by atoms with E-state index in [0.717, 1.165) is 39.1 Å². The third-order valence-electron chi connectivity index (χ3n) is 3.09. The van der Waals surface area contributed by atoms with Crippen LogP contribution in [-0.4, -0.2) is 61.1 Å². The Morgan fingerprint density at radius 3 is 2.44 bits per heavy atom. The van der Waals surface area contributed by atoms with Gasteiger partial charge >= 0.3 is 6.03 Å². The van der Waals surface area contributed by atoms with Gasteiger partial charge < -0.3 is 16.0 Å². The molecule has 0 bridgehead atoms. The summed E-state index contributed by atoms with van der Waals surface area (Å²) in [6.07, 6.45) is 0.977. The van der Waals surface area contributed by atoms with Gasteiger partial charge in [-0.3, -0.25) is 4.90 Å². The lowest BCUT2D eigenvalue weighted by molar-refractivity contribution is 0.108. The number of carbonyl (C=O) groups is 1. The largest absolute Gasteiger partial charge is 0.352 e. The smallest absolute Gasteiger partial charge is 0.312 e. The Morgan fingerprint density at radius 2 is 1.94 bits per heavy atom. The lowest BCUT2D eigenvalue weighted by atomic mass is 10.2. The quantitative estimate of drug-likeness (QED) is 0.655. The zero-order valence-electron chi connectivity index (χ0n) is 10.4. The summed E-state index contributed by atoms with van der Waals surface area (Å²) in [6, 6.07) is 0.225. The van der Waals surface area contributed by atoms with Gasteiger partial charge in [-0.05, 0) is 26.8 Å². The van der Waals surface area contributed by atoms with Crippen LogP contribution in [0.25, 0.3) is 0 Å². The van der Waals surface area contributed by atoms with E-state index < -0.39 is 6.03 Å². The molecule has 0 aromatic rings. The van der Waals surface area contributed by atoms with E-state index >= 15 is 0 Å². The van der Waals surface area contributed by atoms with Gasteiger partial charge in [-0.15, -0.1) is 0 Å². The molecule has 3 N–H and O–H groups in total. The van der Waals surface area contributed by atoms with Gasteiger partial charge in [-0.25, -0.2) is 4.79 Å². The monoisotopic (exact) mass is 228 g/mol. The zero-order valence-corrected chi connectivity index (χ0v) is 10.4. The molecule has 0 atom stereocenters. The second-order valence-corrected chi connectivity index (χ2v) is 4.62. The number of nitrogens with zero attached hydrogens (tertiary/aromatic N) is 2. The van der Waals surface area contributed by atoms with Gasteiger partial charge in [0, 0.05) is 38.8 Å². The molecule has 0 aliphatic carbocycles. The van der Waals surface area contributed by atoms with Crippen LogP contribution in [0.4, 0.5) is 4.79 Å². The number of carbonyl (C=O) groups excluding carboxylic acids is 1. The molecule has 5 heteroatoms. The fraction of sp³-hybridized carbons (Fsp3) is 0.909. The highest BCUT2D eigenvalue weighted by Crippen LogP contribution is 2.05. The molecule has 1 aliphatic rings. The number of hydrogen-bond acceptors (Lipinski definition) is 3. The molecule has 16 heavy (non-hydrogen) atoms. The normalized spacial score (nSPS) is 18.9. The van der Waals surface area contributed by atoms with Crippen LogP contribution in [0, 0.1) is 0 Å². The molecule has 1 rings (SSSR count). The minimum absolute atomic E-state index is 0.426. The summed E-state index contributed by atoms with van der Waals surface area (Å²) in [4.78, 5) is 15.4. The minimum atomic E-state index is -0.426. The van der Waals surface area contributed by atoms with Gasteiger partial charge in [-0.2, -0.15) is 0 Å². The predicted molar refractivity (Wildman–Crippen MR) is 65.4 cm³/mol. The molecule has 0 radical (unpaired) electrons. The summed E-state index contributed by atoms with van der Waals surface area (Å²) in [5.41, 5.74) is 4.99. The molecule has 2 amide bonds. The Labute approximate surface area is 98.0 Å². The van der Waals surface area contributed by atoms with Gasteiger partial charge in [0.1, 0.15) is 0 Å². The molecule has 1 aliphatic heterocycles. The van der Waals surface area contributed by atoms with Crippen molar-refractivity contribution in [2.45, 2.75) is 26.3 Å². The van der Waals surface area contributed by atoms with Crippen molar-refractivity contribution in [2.24, 2.45) is 5.73 Å². The average molecular weight is 228 g/mol. The molecule has 5 nitrogen and oxygen atoms in total. The molecule has 0 saturated carbocycles. The molecule has 0 spiro atoms. The van der Waals surface area contributed by atoms with Crippen LogP contribution < -0.4 is 11.1 Å². The third kappa shape index (κ3) is 4.81. The maximum atomic E-state index is 10.5. The summed E-state index contributed by atoms with van der Waals surface area (Å²) in [5.74, 6) is 0. The zero-order chi connectivity index (χ0) is 12.0. The van der Waals surface area contributed by atoms with E-state index in [1.165, 1.54) is 0 Å². The summed E-state index contributed by atoms with van der Waals surface area (Å²) in [6.45, 7) is 10.8. The van der Waals surface area contributed by atoms with Gasteiger partial charge in [0.05, 0.1) is 0 Å². The van der Waals surface area contributed by atoms with Crippen molar-refractivity contribution in [3.63, 3.8) is 0 Å². The van der Waals surface area contributed by atoms with E-state index in [0.29, 0.717) is 12.6 Å². The maximum absolute atomic E-state index is 10.5. The Balaban J connectivity index is 2.06. The average Bonchev–Trinajstić information content (AvgIpc) is 2.25. The SMILES string of the molecule is CC(C)N1CCN(CCCNC(N)=O)CC1. The van der Waals surface area contributed by atoms with Crippen LogP contribution in [0.2, 0.25) is 0 Å². The number of primary amides is 1. The first-order chi connectivity index (χ1) is 7.59. The maximum Gasteiger partial charge on any atom is 0.312 e. The molecule has 0 aromatic carbocycles. The summed E-state index contributed by atoms with van der Waals surface area (Å²) in [7, 11) is 0. The van der Waals surface area contributed by atoms with Crippen LogP contribution in [0.3, 0.4) is 0 Å². The van der Waals surface area contributed by atoms with Crippen LogP contribution in [0.15, 0.2) is 0 Å². The van der Waals surface area contributed by atoms with E-state index in [4.69, 9.17) is 5.73 Å². The topological polar surface area (TPSA) is 61.6 Å². The van der Waals surface area contributed by atoms with E-state index in [1.54, 1.807) is 0 Å². The number of nitrogens with one attached hydrogen (secondary N) is 1. The minimum Gasteiger partial charge on any atom is -0.352 e. The fourth-order valence-corrected chi connectivity index (χ4v) is 2.02. The Bertz CT molecular complexity index is 212. The highest BCUT2D eigenvalue weighted by Gasteiger charge is 2.17. The second kappa shape index (κ2) is 6.70. The van der Waals surface area contributed by atoms with Crippen LogP contribution in [0.1, 0.15) is 20.3 Å². The third-order valence-corrected chi connectivity index (χ3v) is 3.09. The summed E-state index contributed by atoms with van der Waals surface area (Å²) < 4.78 is 0. The molecule has 1 saturated heterocycles. The van der Waals surface area contributed by atoms with Crippen molar-refractivity contribution < 1.29 is 4.79 Å². The molecule has 0 unspecified atom stereocenters. The molecule has 0 aromatic heterocycles. The van der Waals surface area contributed by atoms with Gasteiger partial charge in [-0.1, -0.05) is 0 Å². The van der Waals surface area contributed by atoms with E-state index in [-0.39, 0.29) is 0 Å². The van der Waals surface area contributed by atoms with Crippen molar-refractivity contribution in [3.8, 4) is 0 Å². The van der Waals surface area contributed by atoms with E-state index in [1.807, 2.05) is 0 Å². The first kappa shape index (κ1) is 13.3. The van der Waals surface area contributed by atoms with Crippen molar-refractivity contribution in [3.05, 3.63) is 0 Å². The van der Waals surface area contributed by atoms with Crippen LogP contribution in [-0.2, 0) is 0 Å². The molecule has 94 valence electrons. The highest BCUT2D eigenvalue weighted by molar-refractivity contribution is 5.71. The summed E-state index contributed by atoms with van der Waals surface area (Å²) in [5, 5.41) is 2.61. The molecule has 1 heterocycles. The first-order valence-corrected chi connectivity index (χ1v) is 6.09. The van der Waals surface area contributed by atoms with Crippen molar-refractivity contribution in [1.29, 1.82) is 0 Å². The Morgan fingerprint density at radius 1 is 1.31 bits per heavy atom. The van der Waals surface area contributed by atoms with Crippen molar-refractivity contribution in [2.75, 3.05) is 39.3 Å². The lowest BCUT2D eigenvalue weighted by Crippen LogP contribution is -2.49. The second-order valence-electron chi connectivity index (χ2n) is 4.62. The first-order valence-electron chi connectivity index (χ1n) is 6.09. The van der Waals surface area contributed by atoms with Crippen molar-refractivity contribution in [1.82, 2.24) is 15.1 Å². The number of amides is 2. The molecular formula is C11H24N4O. The van der Waals surface area contributed by atoms with Gasteiger partial charge in [0.15, 0.2) is 0 Å². The van der Waals surface area contributed by atoms with Crippen LogP contribution >= 0.6 is 0 Å². The Hall–Kier alpha value is -0.810. The van der Waals surface area contributed by atoms with Gasteiger partial charge in [0.25, 0.3) is 0 Å². The van der Waals surface area contributed by atoms with E-state index in [2.05, 4.69) is 29.0 Å².